The first-order chi connectivity index (χ1) is 13.6. The molecule has 1 atom stereocenters. The lowest BCUT2D eigenvalue weighted by Crippen LogP contribution is -2.35. The number of hydrogen-bond acceptors (Lipinski definition) is 4. The average molecular weight is 382 g/mol. The van der Waals surface area contributed by atoms with Gasteiger partial charge >= 0.3 is 0 Å². The molecule has 1 saturated heterocycles. The van der Waals surface area contributed by atoms with Crippen LogP contribution in [0, 0.1) is 11.6 Å². The van der Waals surface area contributed by atoms with Gasteiger partial charge in [0.15, 0.2) is 5.82 Å². The lowest BCUT2D eigenvalue weighted by molar-refractivity contribution is 0.194. The molecule has 0 amide bonds. The summed E-state index contributed by atoms with van der Waals surface area (Å²) in [6.07, 6.45) is 3.38. The van der Waals surface area contributed by atoms with Gasteiger partial charge in [-0.25, -0.2) is 13.8 Å². The van der Waals surface area contributed by atoms with Crippen molar-refractivity contribution >= 4 is 0 Å². The molecule has 0 radical (unpaired) electrons. The zero-order valence-corrected chi connectivity index (χ0v) is 15.2. The van der Waals surface area contributed by atoms with Gasteiger partial charge in [-0.3, -0.25) is 14.7 Å². The van der Waals surface area contributed by atoms with E-state index in [9.17, 15) is 13.6 Å². The summed E-state index contributed by atoms with van der Waals surface area (Å²) in [7, 11) is 0. The van der Waals surface area contributed by atoms with Crippen molar-refractivity contribution in [1.82, 2.24) is 19.9 Å². The van der Waals surface area contributed by atoms with Crippen LogP contribution >= 0.6 is 0 Å². The number of aromatic amines is 1. The SMILES string of the molecule is O=c1cc(C2CCCN(Cc3c(F)cccc3F)C2)nc(-c2ccccn2)[nH]1. The van der Waals surface area contributed by atoms with Crippen molar-refractivity contribution in [2.45, 2.75) is 25.3 Å². The predicted molar refractivity (Wildman–Crippen MR) is 102 cm³/mol. The van der Waals surface area contributed by atoms with E-state index in [1.807, 2.05) is 11.0 Å². The van der Waals surface area contributed by atoms with E-state index in [-0.39, 0.29) is 23.6 Å². The van der Waals surface area contributed by atoms with Crippen molar-refractivity contribution in [3.05, 3.63) is 81.9 Å². The molecular formula is C21H20F2N4O. The van der Waals surface area contributed by atoms with Crippen molar-refractivity contribution < 1.29 is 8.78 Å². The van der Waals surface area contributed by atoms with Crippen LogP contribution in [0.5, 0.6) is 0 Å². The summed E-state index contributed by atoms with van der Waals surface area (Å²) in [5.74, 6) is -0.614. The number of rotatable bonds is 4. The molecule has 1 fully saturated rings. The van der Waals surface area contributed by atoms with E-state index in [4.69, 9.17) is 0 Å². The van der Waals surface area contributed by atoms with Gasteiger partial charge in [0.05, 0.1) is 5.69 Å². The Morgan fingerprint density at radius 3 is 2.71 bits per heavy atom. The van der Waals surface area contributed by atoms with E-state index in [1.165, 1.54) is 24.3 Å². The van der Waals surface area contributed by atoms with Crippen LogP contribution in [0.1, 0.15) is 30.0 Å². The van der Waals surface area contributed by atoms with Crippen molar-refractivity contribution in [2.75, 3.05) is 13.1 Å². The van der Waals surface area contributed by atoms with E-state index in [1.54, 1.807) is 18.3 Å². The lowest BCUT2D eigenvalue weighted by atomic mass is 9.94. The summed E-state index contributed by atoms with van der Waals surface area (Å²) in [5, 5.41) is 0. The van der Waals surface area contributed by atoms with Gasteiger partial charge in [-0.15, -0.1) is 0 Å². The van der Waals surface area contributed by atoms with Crippen molar-refractivity contribution in [2.24, 2.45) is 0 Å². The lowest BCUT2D eigenvalue weighted by Gasteiger charge is -2.32. The molecule has 1 aliphatic heterocycles. The van der Waals surface area contributed by atoms with Crippen LogP contribution in [0.4, 0.5) is 8.78 Å². The Balaban J connectivity index is 1.57. The number of piperidine rings is 1. The maximum Gasteiger partial charge on any atom is 0.251 e. The number of hydrogen-bond donors (Lipinski definition) is 1. The van der Waals surface area contributed by atoms with Crippen molar-refractivity contribution in [1.29, 1.82) is 0 Å². The molecule has 2 aromatic heterocycles. The highest BCUT2D eigenvalue weighted by Crippen LogP contribution is 2.27. The second kappa shape index (κ2) is 7.98. The topological polar surface area (TPSA) is 61.9 Å². The highest BCUT2D eigenvalue weighted by Gasteiger charge is 2.25. The van der Waals surface area contributed by atoms with Gasteiger partial charge in [0, 0.05) is 36.8 Å². The predicted octanol–water partition coefficient (Wildman–Crippen LogP) is 3.49. The van der Waals surface area contributed by atoms with Gasteiger partial charge < -0.3 is 4.98 Å². The van der Waals surface area contributed by atoms with Crippen LogP contribution in [-0.2, 0) is 6.54 Å². The molecule has 3 aromatic rings. The summed E-state index contributed by atoms with van der Waals surface area (Å²) >= 11 is 0. The van der Waals surface area contributed by atoms with E-state index < -0.39 is 11.6 Å². The minimum absolute atomic E-state index is 0.0216. The number of H-pyrrole nitrogens is 1. The fraction of sp³-hybridized carbons (Fsp3) is 0.286. The Labute approximate surface area is 161 Å². The minimum atomic E-state index is -0.533. The Hall–Kier alpha value is -2.93. The Bertz CT molecular complexity index is 1000. The number of nitrogens with zero attached hydrogens (tertiary/aromatic N) is 3. The average Bonchev–Trinajstić information content (AvgIpc) is 2.71. The normalized spacial score (nSPS) is 17.6. The molecule has 1 aromatic carbocycles. The Morgan fingerprint density at radius 1 is 1.14 bits per heavy atom. The number of pyridine rings is 1. The molecular weight excluding hydrogens is 362 g/mol. The number of aromatic nitrogens is 3. The summed E-state index contributed by atoms with van der Waals surface area (Å²) in [5.41, 5.74) is 1.13. The molecule has 1 aliphatic rings. The van der Waals surface area contributed by atoms with Crippen LogP contribution in [0.3, 0.4) is 0 Å². The van der Waals surface area contributed by atoms with Gasteiger partial charge in [-0.05, 0) is 43.7 Å². The van der Waals surface area contributed by atoms with E-state index in [0.717, 1.165) is 19.4 Å². The van der Waals surface area contributed by atoms with Gasteiger partial charge in [0.25, 0.3) is 5.56 Å². The summed E-state index contributed by atoms with van der Waals surface area (Å²) in [4.78, 5) is 25.7. The molecule has 0 spiro atoms. The highest BCUT2D eigenvalue weighted by atomic mass is 19.1. The maximum absolute atomic E-state index is 14.0. The number of halogens is 2. The van der Waals surface area contributed by atoms with E-state index >= 15 is 0 Å². The summed E-state index contributed by atoms with van der Waals surface area (Å²) < 4.78 is 28.0. The van der Waals surface area contributed by atoms with E-state index in [2.05, 4.69) is 15.0 Å². The largest absolute Gasteiger partial charge is 0.305 e. The second-order valence-corrected chi connectivity index (χ2v) is 7.01. The van der Waals surface area contributed by atoms with Crippen LogP contribution in [0.25, 0.3) is 11.5 Å². The molecule has 28 heavy (non-hydrogen) atoms. The monoisotopic (exact) mass is 382 g/mol. The molecule has 0 saturated carbocycles. The third-order valence-electron chi connectivity index (χ3n) is 5.04. The number of nitrogens with one attached hydrogen (secondary N) is 1. The Morgan fingerprint density at radius 2 is 1.96 bits per heavy atom. The molecule has 144 valence electrons. The molecule has 7 heteroatoms. The molecule has 5 nitrogen and oxygen atoms in total. The van der Waals surface area contributed by atoms with Crippen molar-refractivity contribution in [3.63, 3.8) is 0 Å². The maximum atomic E-state index is 14.0. The molecule has 0 bridgehead atoms. The fourth-order valence-electron chi connectivity index (χ4n) is 3.66. The molecule has 0 aliphatic carbocycles. The number of benzene rings is 1. The van der Waals surface area contributed by atoms with Crippen LogP contribution < -0.4 is 5.56 Å². The minimum Gasteiger partial charge on any atom is -0.305 e. The van der Waals surface area contributed by atoms with Crippen LogP contribution in [-0.4, -0.2) is 32.9 Å². The van der Waals surface area contributed by atoms with Crippen LogP contribution in [0.2, 0.25) is 0 Å². The number of likely N-dealkylation sites (tertiary alicyclic amines) is 1. The molecule has 3 heterocycles. The molecule has 1 N–H and O–H groups in total. The van der Waals surface area contributed by atoms with Gasteiger partial charge in [0.2, 0.25) is 0 Å². The van der Waals surface area contributed by atoms with Gasteiger partial charge in [-0.2, -0.15) is 0 Å². The zero-order valence-electron chi connectivity index (χ0n) is 15.2. The summed E-state index contributed by atoms with van der Waals surface area (Å²) in [6, 6.07) is 10.8. The van der Waals surface area contributed by atoms with E-state index in [0.29, 0.717) is 23.8 Å². The summed E-state index contributed by atoms with van der Waals surface area (Å²) in [6.45, 7) is 1.54. The third kappa shape index (κ3) is 3.99. The standard InChI is InChI=1S/C21H20F2N4O/c22-16-6-3-7-17(23)15(16)13-27-10-4-5-14(12-27)19-11-20(28)26-21(25-19)18-8-1-2-9-24-18/h1-3,6-9,11,14H,4-5,10,12-13H2,(H,25,26,28). The smallest absolute Gasteiger partial charge is 0.251 e. The second-order valence-electron chi connectivity index (χ2n) is 7.01. The molecule has 4 rings (SSSR count). The fourth-order valence-corrected chi connectivity index (χ4v) is 3.66. The van der Waals surface area contributed by atoms with Crippen molar-refractivity contribution in [3.8, 4) is 11.5 Å². The quantitative estimate of drug-likeness (QED) is 0.750. The first-order valence-electron chi connectivity index (χ1n) is 9.28. The zero-order chi connectivity index (χ0) is 19.5. The van der Waals surface area contributed by atoms with Gasteiger partial charge in [-0.1, -0.05) is 12.1 Å². The third-order valence-corrected chi connectivity index (χ3v) is 5.04. The van der Waals surface area contributed by atoms with Crippen LogP contribution in [0.15, 0.2) is 53.5 Å². The Kier molecular flexibility index (Phi) is 5.25. The first kappa shape index (κ1) is 18.4. The molecule has 1 unspecified atom stereocenters. The first-order valence-corrected chi connectivity index (χ1v) is 9.28. The van der Waals surface area contributed by atoms with Gasteiger partial charge in [0.1, 0.15) is 17.3 Å². The highest BCUT2D eigenvalue weighted by molar-refractivity contribution is 5.48.